The summed E-state index contributed by atoms with van der Waals surface area (Å²) in [6.45, 7) is 0.516. The van der Waals surface area contributed by atoms with Gasteiger partial charge in [0.05, 0.1) is 11.5 Å². The Morgan fingerprint density at radius 2 is 2.00 bits per heavy atom. The van der Waals surface area contributed by atoms with Crippen LogP contribution in [0.25, 0.3) is 0 Å². The lowest BCUT2D eigenvalue weighted by Crippen LogP contribution is -2.32. The van der Waals surface area contributed by atoms with Crippen molar-refractivity contribution in [3.05, 3.63) is 29.8 Å². The summed E-state index contributed by atoms with van der Waals surface area (Å²) in [6, 6.07) is 2.53. The molecule has 1 fully saturated rings. The van der Waals surface area contributed by atoms with Crippen LogP contribution >= 0.6 is 0 Å². The molecule has 108 valence electrons. The molecule has 2 N–H and O–H groups in total. The van der Waals surface area contributed by atoms with Crippen molar-refractivity contribution in [2.45, 2.75) is 25.7 Å². The fourth-order valence-corrected chi connectivity index (χ4v) is 2.46. The van der Waals surface area contributed by atoms with Gasteiger partial charge in [-0.25, -0.2) is 4.98 Å². The molecule has 0 aromatic carbocycles. The number of pyridine rings is 1. The number of carbonyl (C=O) groups is 2. The fraction of sp³-hybridized carbons (Fsp3) is 0.500. The van der Waals surface area contributed by atoms with Crippen molar-refractivity contribution in [2.24, 2.45) is 11.8 Å². The predicted octanol–water partition coefficient (Wildman–Crippen LogP) is 1.84. The van der Waals surface area contributed by atoms with Gasteiger partial charge in [-0.3, -0.25) is 9.59 Å². The zero-order valence-corrected chi connectivity index (χ0v) is 11.0. The van der Waals surface area contributed by atoms with Gasteiger partial charge in [0, 0.05) is 12.7 Å². The van der Waals surface area contributed by atoms with Crippen LogP contribution in [0.5, 0.6) is 0 Å². The number of carboxylic acid groups (broad SMARTS) is 1. The van der Waals surface area contributed by atoms with Crippen molar-refractivity contribution in [3.8, 4) is 0 Å². The third kappa shape index (κ3) is 3.76. The highest BCUT2D eigenvalue weighted by Crippen LogP contribution is 2.28. The van der Waals surface area contributed by atoms with E-state index in [1.54, 1.807) is 0 Å². The number of hydrogen-bond acceptors (Lipinski definition) is 3. The molecule has 1 amide bonds. The van der Waals surface area contributed by atoms with Gasteiger partial charge in [-0.15, -0.1) is 0 Å². The number of halogens is 1. The standard InChI is InChI=1S/C14H17FN2O3/c15-12-6-5-11(8-16-12)13(18)17-7-9-1-3-10(4-2-9)14(19)20/h5-6,8-10H,1-4,7H2,(H,17,18)(H,19,20). The van der Waals surface area contributed by atoms with Crippen LogP contribution in [0.15, 0.2) is 18.3 Å². The Balaban J connectivity index is 1.77. The van der Waals surface area contributed by atoms with Gasteiger partial charge >= 0.3 is 5.97 Å². The molecule has 6 heteroatoms. The lowest BCUT2D eigenvalue weighted by Gasteiger charge is -2.26. The fourth-order valence-electron chi connectivity index (χ4n) is 2.46. The predicted molar refractivity (Wildman–Crippen MR) is 69.6 cm³/mol. The van der Waals surface area contributed by atoms with Crippen LogP contribution in [-0.2, 0) is 4.79 Å². The maximum Gasteiger partial charge on any atom is 0.306 e. The molecule has 0 unspecified atom stereocenters. The van der Waals surface area contributed by atoms with Gasteiger partial charge in [-0.2, -0.15) is 4.39 Å². The van der Waals surface area contributed by atoms with E-state index in [9.17, 15) is 14.0 Å². The maximum absolute atomic E-state index is 12.6. The molecular formula is C14H17FN2O3. The maximum atomic E-state index is 12.6. The summed E-state index contributed by atoms with van der Waals surface area (Å²) >= 11 is 0. The van der Waals surface area contributed by atoms with Crippen LogP contribution in [0.1, 0.15) is 36.0 Å². The topological polar surface area (TPSA) is 79.3 Å². The van der Waals surface area contributed by atoms with Crippen molar-refractivity contribution in [2.75, 3.05) is 6.54 Å². The number of hydrogen-bond donors (Lipinski definition) is 2. The second-order valence-electron chi connectivity index (χ2n) is 5.14. The summed E-state index contributed by atoms with van der Waals surface area (Å²) in [5, 5.41) is 11.7. The van der Waals surface area contributed by atoms with Gasteiger partial charge in [-0.1, -0.05) is 0 Å². The van der Waals surface area contributed by atoms with Crippen molar-refractivity contribution >= 4 is 11.9 Å². The number of rotatable bonds is 4. The van der Waals surface area contributed by atoms with Crippen LogP contribution in [-0.4, -0.2) is 28.5 Å². The SMILES string of the molecule is O=C(NCC1CCC(C(=O)O)CC1)c1ccc(F)nc1. The molecule has 1 aliphatic carbocycles. The van der Waals surface area contributed by atoms with Crippen molar-refractivity contribution in [3.63, 3.8) is 0 Å². The first kappa shape index (κ1) is 14.4. The Kier molecular flexibility index (Phi) is 4.65. The molecule has 1 heterocycles. The summed E-state index contributed by atoms with van der Waals surface area (Å²) in [7, 11) is 0. The van der Waals surface area contributed by atoms with E-state index >= 15 is 0 Å². The molecule has 20 heavy (non-hydrogen) atoms. The quantitative estimate of drug-likeness (QED) is 0.825. The van der Waals surface area contributed by atoms with E-state index in [4.69, 9.17) is 5.11 Å². The number of aliphatic carboxylic acids is 1. The molecule has 1 aliphatic rings. The normalized spacial score (nSPS) is 22.2. The zero-order chi connectivity index (χ0) is 14.5. The summed E-state index contributed by atoms with van der Waals surface area (Å²) in [6.07, 6.45) is 4.13. The average Bonchev–Trinajstić information content (AvgIpc) is 2.46. The zero-order valence-electron chi connectivity index (χ0n) is 11.0. The Bertz CT molecular complexity index is 482. The molecule has 0 saturated heterocycles. The first-order chi connectivity index (χ1) is 9.56. The Morgan fingerprint density at radius 1 is 1.30 bits per heavy atom. The Hall–Kier alpha value is -1.98. The van der Waals surface area contributed by atoms with Gasteiger partial charge < -0.3 is 10.4 Å². The minimum Gasteiger partial charge on any atom is -0.481 e. The van der Waals surface area contributed by atoms with Gasteiger partial charge in [0.25, 0.3) is 5.91 Å². The van der Waals surface area contributed by atoms with E-state index in [1.165, 1.54) is 12.3 Å². The molecule has 0 atom stereocenters. The van der Waals surface area contributed by atoms with Crippen LogP contribution < -0.4 is 5.32 Å². The first-order valence-electron chi connectivity index (χ1n) is 6.69. The van der Waals surface area contributed by atoms with Crippen molar-refractivity contribution in [1.29, 1.82) is 0 Å². The first-order valence-corrected chi connectivity index (χ1v) is 6.69. The van der Waals surface area contributed by atoms with E-state index in [0.717, 1.165) is 18.9 Å². The highest BCUT2D eigenvalue weighted by Gasteiger charge is 2.26. The Labute approximate surface area is 116 Å². The van der Waals surface area contributed by atoms with E-state index < -0.39 is 11.9 Å². The third-order valence-electron chi connectivity index (χ3n) is 3.74. The number of amides is 1. The monoisotopic (exact) mass is 280 g/mol. The molecule has 1 saturated carbocycles. The molecule has 2 rings (SSSR count). The lowest BCUT2D eigenvalue weighted by atomic mass is 9.82. The van der Waals surface area contributed by atoms with E-state index in [2.05, 4.69) is 10.3 Å². The number of nitrogens with one attached hydrogen (secondary N) is 1. The van der Waals surface area contributed by atoms with Gasteiger partial charge in [0.15, 0.2) is 0 Å². The minimum atomic E-state index is -0.732. The number of aromatic nitrogens is 1. The molecule has 1 aromatic rings. The lowest BCUT2D eigenvalue weighted by molar-refractivity contribution is -0.143. The minimum absolute atomic E-state index is 0.247. The number of carboxylic acids is 1. The summed E-state index contributed by atoms with van der Waals surface area (Å²) < 4.78 is 12.6. The van der Waals surface area contributed by atoms with Gasteiger partial charge in [0.1, 0.15) is 0 Å². The molecule has 0 spiro atoms. The molecule has 0 radical (unpaired) electrons. The van der Waals surface area contributed by atoms with E-state index in [-0.39, 0.29) is 11.8 Å². The summed E-state index contributed by atoms with van der Waals surface area (Å²) in [4.78, 5) is 26.1. The molecule has 5 nitrogen and oxygen atoms in total. The molecule has 0 bridgehead atoms. The molecular weight excluding hydrogens is 263 g/mol. The summed E-state index contributed by atoms with van der Waals surface area (Å²) in [5.74, 6) is -1.57. The highest BCUT2D eigenvalue weighted by atomic mass is 19.1. The summed E-state index contributed by atoms with van der Waals surface area (Å²) in [5.41, 5.74) is 0.325. The second-order valence-corrected chi connectivity index (χ2v) is 5.14. The molecule has 1 aromatic heterocycles. The Morgan fingerprint density at radius 3 is 2.55 bits per heavy atom. The van der Waals surface area contributed by atoms with Gasteiger partial charge in [0.2, 0.25) is 5.95 Å². The van der Waals surface area contributed by atoms with Crippen LogP contribution in [0.2, 0.25) is 0 Å². The van der Waals surface area contributed by atoms with E-state index in [1.807, 2.05) is 0 Å². The van der Waals surface area contributed by atoms with Gasteiger partial charge in [-0.05, 0) is 43.7 Å². The molecule has 0 aliphatic heterocycles. The van der Waals surface area contributed by atoms with Crippen LogP contribution in [0.4, 0.5) is 4.39 Å². The average molecular weight is 280 g/mol. The van der Waals surface area contributed by atoms with Crippen LogP contribution in [0.3, 0.4) is 0 Å². The largest absolute Gasteiger partial charge is 0.481 e. The van der Waals surface area contributed by atoms with E-state index in [0.29, 0.717) is 30.9 Å². The second kappa shape index (κ2) is 6.45. The van der Waals surface area contributed by atoms with Crippen molar-refractivity contribution < 1.29 is 19.1 Å². The number of carbonyl (C=O) groups excluding carboxylic acids is 1. The number of nitrogens with zero attached hydrogens (tertiary/aromatic N) is 1. The third-order valence-corrected chi connectivity index (χ3v) is 3.74. The van der Waals surface area contributed by atoms with Crippen LogP contribution in [0, 0.1) is 17.8 Å². The highest BCUT2D eigenvalue weighted by molar-refractivity contribution is 5.93. The smallest absolute Gasteiger partial charge is 0.306 e. The van der Waals surface area contributed by atoms with Crippen molar-refractivity contribution in [1.82, 2.24) is 10.3 Å².